The van der Waals surface area contributed by atoms with Crippen molar-refractivity contribution in [2.75, 3.05) is 5.32 Å². The van der Waals surface area contributed by atoms with Crippen molar-refractivity contribution in [2.24, 2.45) is 0 Å². The van der Waals surface area contributed by atoms with Gasteiger partial charge in [0.1, 0.15) is 11.6 Å². The van der Waals surface area contributed by atoms with Gasteiger partial charge < -0.3 is 5.32 Å². The number of hydrogen-bond acceptors (Lipinski definition) is 3. The molecule has 0 spiro atoms. The first-order valence-corrected chi connectivity index (χ1v) is 9.22. The van der Waals surface area contributed by atoms with Crippen LogP contribution in [0.25, 0.3) is 10.9 Å². The van der Waals surface area contributed by atoms with Crippen LogP contribution in [-0.2, 0) is 13.0 Å². The van der Waals surface area contributed by atoms with Crippen molar-refractivity contribution in [3.8, 4) is 0 Å². The predicted octanol–water partition coefficient (Wildman–Crippen LogP) is 3.90. The normalized spacial score (nSPS) is 14.3. The Morgan fingerprint density at radius 2 is 1.81 bits per heavy atom. The molecule has 0 radical (unpaired) electrons. The molecular formula is C21H20FN3O2. The minimum Gasteiger partial charge on any atom is -0.322 e. The highest BCUT2D eigenvalue weighted by Crippen LogP contribution is 2.17. The summed E-state index contributed by atoms with van der Waals surface area (Å²) in [5.74, 6) is 0.111. The van der Waals surface area contributed by atoms with Crippen LogP contribution in [-0.4, -0.2) is 15.5 Å². The fourth-order valence-electron chi connectivity index (χ4n) is 3.47. The predicted molar refractivity (Wildman–Crippen MR) is 103 cm³/mol. The topological polar surface area (TPSA) is 64.0 Å². The van der Waals surface area contributed by atoms with E-state index in [1.54, 1.807) is 22.8 Å². The van der Waals surface area contributed by atoms with Gasteiger partial charge in [0.25, 0.3) is 11.5 Å². The van der Waals surface area contributed by atoms with E-state index in [0.717, 1.165) is 37.9 Å². The molecule has 1 N–H and O–H groups in total. The minimum atomic E-state index is -0.361. The van der Waals surface area contributed by atoms with E-state index in [-0.39, 0.29) is 17.3 Å². The van der Waals surface area contributed by atoms with Crippen molar-refractivity contribution in [1.82, 2.24) is 9.55 Å². The number of amides is 1. The van der Waals surface area contributed by atoms with Crippen LogP contribution in [0.3, 0.4) is 0 Å². The number of fused-ring (bicyclic) bond motifs is 2. The van der Waals surface area contributed by atoms with Crippen LogP contribution in [0.1, 0.15) is 41.9 Å². The third-order valence-electron chi connectivity index (χ3n) is 4.93. The van der Waals surface area contributed by atoms with Crippen LogP contribution in [0, 0.1) is 5.82 Å². The number of anilines is 1. The van der Waals surface area contributed by atoms with Crippen molar-refractivity contribution < 1.29 is 9.18 Å². The Bertz CT molecular complexity index is 1060. The first kappa shape index (κ1) is 17.4. The van der Waals surface area contributed by atoms with Gasteiger partial charge in [0.15, 0.2) is 0 Å². The molecule has 5 nitrogen and oxygen atoms in total. The maximum absolute atomic E-state index is 13.0. The van der Waals surface area contributed by atoms with Gasteiger partial charge in [-0.15, -0.1) is 0 Å². The zero-order valence-electron chi connectivity index (χ0n) is 14.9. The number of nitrogens with zero attached hydrogens (tertiary/aromatic N) is 2. The average molecular weight is 365 g/mol. The number of nitrogens with one attached hydrogen (secondary N) is 1. The Morgan fingerprint density at radius 3 is 2.63 bits per heavy atom. The van der Waals surface area contributed by atoms with Crippen LogP contribution in [0.4, 0.5) is 10.1 Å². The Kier molecular flexibility index (Phi) is 4.71. The highest BCUT2D eigenvalue weighted by molar-refractivity contribution is 6.06. The molecule has 0 saturated carbocycles. The molecule has 0 saturated heterocycles. The van der Waals surface area contributed by atoms with E-state index in [2.05, 4.69) is 10.3 Å². The maximum Gasteiger partial charge on any atom is 0.261 e. The Labute approximate surface area is 155 Å². The number of rotatable bonds is 2. The highest BCUT2D eigenvalue weighted by Gasteiger charge is 2.15. The van der Waals surface area contributed by atoms with Gasteiger partial charge in [-0.1, -0.05) is 12.8 Å². The molecule has 0 unspecified atom stereocenters. The molecule has 0 aliphatic carbocycles. The molecule has 0 fully saturated rings. The SMILES string of the molecule is O=C(Nc1ccc(F)cc1)c1ccc2c(=O)n3c(nc2c1)CCCCCC3. The standard InChI is InChI=1S/C21H20FN3O2/c22-15-7-9-16(10-8-15)23-20(26)14-6-11-17-18(13-14)24-19-5-3-1-2-4-12-25(19)21(17)27/h6-11,13H,1-5,12H2,(H,23,26). The average Bonchev–Trinajstić information content (AvgIpc) is 2.65. The van der Waals surface area contributed by atoms with E-state index in [4.69, 9.17) is 0 Å². The van der Waals surface area contributed by atoms with Gasteiger partial charge in [-0.3, -0.25) is 14.2 Å². The molecule has 1 aliphatic rings. The molecule has 0 atom stereocenters. The van der Waals surface area contributed by atoms with Crippen molar-refractivity contribution in [1.29, 1.82) is 0 Å². The summed E-state index contributed by atoms with van der Waals surface area (Å²) < 4.78 is 14.8. The van der Waals surface area contributed by atoms with E-state index >= 15 is 0 Å². The summed E-state index contributed by atoms with van der Waals surface area (Å²) in [5.41, 5.74) is 1.42. The smallest absolute Gasteiger partial charge is 0.261 e. The van der Waals surface area contributed by atoms with Gasteiger partial charge in [0.2, 0.25) is 0 Å². The number of carbonyl (C=O) groups is 1. The monoisotopic (exact) mass is 365 g/mol. The first-order chi connectivity index (χ1) is 13.1. The molecule has 4 rings (SSSR count). The summed E-state index contributed by atoms with van der Waals surface area (Å²) in [6.45, 7) is 0.698. The molecule has 1 aromatic heterocycles. The first-order valence-electron chi connectivity index (χ1n) is 9.22. The number of carbonyl (C=O) groups excluding carboxylic acids is 1. The van der Waals surface area contributed by atoms with Crippen LogP contribution in [0.2, 0.25) is 0 Å². The van der Waals surface area contributed by atoms with Gasteiger partial charge in [0.05, 0.1) is 10.9 Å². The summed E-state index contributed by atoms with van der Waals surface area (Å²) in [4.78, 5) is 30.0. The van der Waals surface area contributed by atoms with Crippen LogP contribution < -0.4 is 10.9 Å². The van der Waals surface area contributed by atoms with E-state index in [9.17, 15) is 14.0 Å². The zero-order chi connectivity index (χ0) is 18.8. The number of benzene rings is 2. The van der Waals surface area contributed by atoms with Gasteiger partial charge >= 0.3 is 0 Å². The molecule has 138 valence electrons. The lowest BCUT2D eigenvalue weighted by atomic mass is 10.1. The minimum absolute atomic E-state index is 0.0395. The number of aromatic nitrogens is 2. The van der Waals surface area contributed by atoms with Crippen LogP contribution in [0.5, 0.6) is 0 Å². The number of hydrogen-bond donors (Lipinski definition) is 1. The summed E-state index contributed by atoms with van der Waals surface area (Å²) in [7, 11) is 0. The van der Waals surface area contributed by atoms with Crippen LogP contribution in [0.15, 0.2) is 47.3 Å². The fraction of sp³-hybridized carbons (Fsp3) is 0.286. The maximum atomic E-state index is 13.0. The third kappa shape index (κ3) is 3.60. The Morgan fingerprint density at radius 1 is 1.04 bits per heavy atom. The van der Waals surface area contributed by atoms with Gasteiger partial charge in [-0.25, -0.2) is 9.37 Å². The Hall–Kier alpha value is -3.02. The second kappa shape index (κ2) is 7.31. The second-order valence-corrected chi connectivity index (χ2v) is 6.84. The van der Waals surface area contributed by atoms with E-state index in [1.807, 2.05) is 0 Å². The molecule has 2 aromatic carbocycles. The molecular weight excluding hydrogens is 345 g/mol. The lowest BCUT2D eigenvalue weighted by Crippen LogP contribution is -2.26. The number of aryl methyl sites for hydroxylation is 1. The van der Waals surface area contributed by atoms with Crippen LogP contribution >= 0.6 is 0 Å². The van der Waals surface area contributed by atoms with Crippen molar-refractivity contribution in [3.63, 3.8) is 0 Å². The largest absolute Gasteiger partial charge is 0.322 e. The molecule has 2 heterocycles. The molecule has 0 bridgehead atoms. The quantitative estimate of drug-likeness (QED) is 0.749. The van der Waals surface area contributed by atoms with Gasteiger partial charge in [-0.2, -0.15) is 0 Å². The molecule has 3 aromatic rings. The lowest BCUT2D eigenvalue weighted by molar-refractivity contribution is 0.102. The van der Waals surface area contributed by atoms with Gasteiger partial charge in [-0.05, 0) is 55.3 Å². The summed E-state index contributed by atoms with van der Waals surface area (Å²) in [6.07, 6.45) is 5.05. The lowest BCUT2D eigenvalue weighted by Gasteiger charge is -2.16. The molecule has 1 aliphatic heterocycles. The van der Waals surface area contributed by atoms with Crippen molar-refractivity contribution in [2.45, 2.75) is 38.6 Å². The van der Waals surface area contributed by atoms with E-state index < -0.39 is 0 Å². The van der Waals surface area contributed by atoms with Gasteiger partial charge in [0, 0.05) is 24.2 Å². The molecule has 6 heteroatoms. The summed E-state index contributed by atoms with van der Waals surface area (Å²) in [5, 5.41) is 3.25. The summed E-state index contributed by atoms with van der Waals surface area (Å²) in [6, 6.07) is 10.5. The highest BCUT2D eigenvalue weighted by atomic mass is 19.1. The Balaban J connectivity index is 1.69. The van der Waals surface area contributed by atoms with Crippen molar-refractivity contribution >= 4 is 22.5 Å². The van der Waals surface area contributed by atoms with E-state index in [0.29, 0.717) is 28.7 Å². The third-order valence-corrected chi connectivity index (χ3v) is 4.93. The van der Waals surface area contributed by atoms with Crippen molar-refractivity contribution in [3.05, 3.63) is 70.0 Å². The van der Waals surface area contributed by atoms with E-state index in [1.165, 1.54) is 24.3 Å². The number of halogens is 1. The zero-order valence-corrected chi connectivity index (χ0v) is 14.9. The second-order valence-electron chi connectivity index (χ2n) is 6.84. The molecule has 27 heavy (non-hydrogen) atoms. The fourth-order valence-corrected chi connectivity index (χ4v) is 3.47. The summed E-state index contributed by atoms with van der Waals surface area (Å²) >= 11 is 0. The molecule has 1 amide bonds.